The molecule has 0 bridgehead atoms. The van der Waals surface area contributed by atoms with Crippen molar-refractivity contribution in [2.45, 2.75) is 20.4 Å². The molecule has 2 aromatic rings. The number of anilines is 1. The van der Waals surface area contributed by atoms with Crippen molar-refractivity contribution in [3.8, 4) is 17.2 Å². The Hall–Kier alpha value is -2.36. The molecule has 0 aliphatic carbocycles. The van der Waals surface area contributed by atoms with E-state index in [2.05, 4.69) is 19.2 Å². The van der Waals surface area contributed by atoms with Gasteiger partial charge in [-0.05, 0) is 35.7 Å². The monoisotopic (exact) mass is 287 g/mol. The lowest BCUT2D eigenvalue weighted by Crippen LogP contribution is -2.05. The maximum atomic E-state index is 9.47. The number of phenols is 2. The van der Waals surface area contributed by atoms with Crippen molar-refractivity contribution in [3.05, 3.63) is 48.0 Å². The number of benzene rings is 2. The topological polar surface area (TPSA) is 61.7 Å². The molecule has 0 saturated carbocycles. The molecule has 0 spiro atoms. The van der Waals surface area contributed by atoms with Crippen molar-refractivity contribution >= 4 is 5.69 Å². The van der Waals surface area contributed by atoms with Crippen LogP contribution in [0.5, 0.6) is 17.2 Å². The summed E-state index contributed by atoms with van der Waals surface area (Å²) in [6, 6.07) is 12.6. The van der Waals surface area contributed by atoms with Gasteiger partial charge in [-0.25, -0.2) is 0 Å². The molecule has 0 aromatic heterocycles. The molecule has 0 amide bonds. The van der Waals surface area contributed by atoms with E-state index in [0.29, 0.717) is 19.1 Å². The van der Waals surface area contributed by atoms with Crippen molar-refractivity contribution in [3.63, 3.8) is 0 Å². The van der Waals surface area contributed by atoms with Gasteiger partial charge in [0.15, 0.2) is 11.5 Å². The zero-order valence-electron chi connectivity index (χ0n) is 12.3. The van der Waals surface area contributed by atoms with Crippen LogP contribution in [0.2, 0.25) is 0 Å². The SMILES string of the molecule is CC(C)COc1cccc(NCc2ccc(O)c(O)c2)c1. The Kier molecular flexibility index (Phi) is 4.93. The molecule has 2 rings (SSSR count). The van der Waals surface area contributed by atoms with Crippen molar-refractivity contribution in [1.82, 2.24) is 0 Å². The van der Waals surface area contributed by atoms with Crippen LogP contribution in [0.4, 0.5) is 5.69 Å². The van der Waals surface area contributed by atoms with E-state index >= 15 is 0 Å². The number of hydrogen-bond acceptors (Lipinski definition) is 4. The lowest BCUT2D eigenvalue weighted by Gasteiger charge is -2.11. The summed E-state index contributed by atoms with van der Waals surface area (Å²) in [7, 11) is 0. The molecule has 0 heterocycles. The quantitative estimate of drug-likeness (QED) is 0.708. The van der Waals surface area contributed by atoms with Gasteiger partial charge in [0.25, 0.3) is 0 Å². The van der Waals surface area contributed by atoms with Gasteiger partial charge < -0.3 is 20.3 Å². The third-order valence-electron chi connectivity index (χ3n) is 2.95. The molecule has 21 heavy (non-hydrogen) atoms. The molecule has 0 saturated heterocycles. The molecule has 0 fully saturated rings. The van der Waals surface area contributed by atoms with Crippen LogP contribution in [0, 0.1) is 5.92 Å². The van der Waals surface area contributed by atoms with Gasteiger partial charge in [-0.1, -0.05) is 26.0 Å². The zero-order chi connectivity index (χ0) is 15.2. The average Bonchev–Trinajstić information content (AvgIpc) is 2.47. The van der Waals surface area contributed by atoms with Gasteiger partial charge in [-0.3, -0.25) is 0 Å². The summed E-state index contributed by atoms with van der Waals surface area (Å²) >= 11 is 0. The van der Waals surface area contributed by atoms with Gasteiger partial charge in [0, 0.05) is 18.3 Å². The molecular weight excluding hydrogens is 266 g/mol. The molecule has 0 aliphatic rings. The Bertz CT molecular complexity index is 596. The highest BCUT2D eigenvalue weighted by Gasteiger charge is 2.02. The van der Waals surface area contributed by atoms with Crippen LogP contribution in [0.3, 0.4) is 0 Å². The molecule has 0 aliphatic heterocycles. The first-order valence-electron chi connectivity index (χ1n) is 7.02. The minimum Gasteiger partial charge on any atom is -0.504 e. The Morgan fingerprint density at radius 2 is 1.86 bits per heavy atom. The number of rotatable bonds is 6. The Labute approximate surface area is 125 Å². The normalized spacial score (nSPS) is 10.6. The number of hydrogen-bond donors (Lipinski definition) is 3. The van der Waals surface area contributed by atoms with E-state index in [1.54, 1.807) is 12.1 Å². The summed E-state index contributed by atoms with van der Waals surface area (Å²) < 4.78 is 5.68. The summed E-state index contributed by atoms with van der Waals surface area (Å²) in [6.07, 6.45) is 0. The lowest BCUT2D eigenvalue weighted by atomic mass is 10.2. The molecule has 4 heteroatoms. The first-order chi connectivity index (χ1) is 10.0. The highest BCUT2D eigenvalue weighted by atomic mass is 16.5. The fourth-order valence-corrected chi connectivity index (χ4v) is 1.84. The molecule has 0 unspecified atom stereocenters. The summed E-state index contributed by atoms with van der Waals surface area (Å²) in [6.45, 7) is 5.47. The second-order valence-corrected chi connectivity index (χ2v) is 5.41. The predicted molar refractivity (Wildman–Crippen MR) is 83.9 cm³/mol. The van der Waals surface area contributed by atoms with E-state index in [1.807, 2.05) is 24.3 Å². The number of ether oxygens (including phenoxy) is 1. The Morgan fingerprint density at radius 1 is 1.05 bits per heavy atom. The highest BCUT2D eigenvalue weighted by Crippen LogP contribution is 2.25. The van der Waals surface area contributed by atoms with Gasteiger partial charge in [0.1, 0.15) is 5.75 Å². The molecular formula is C17H21NO3. The number of phenolic OH excluding ortho intramolecular Hbond substituents is 2. The van der Waals surface area contributed by atoms with Gasteiger partial charge >= 0.3 is 0 Å². The van der Waals surface area contributed by atoms with Crippen LogP contribution in [-0.4, -0.2) is 16.8 Å². The molecule has 4 nitrogen and oxygen atoms in total. The standard InChI is InChI=1S/C17H21NO3/c1-12(2)11-21-15-5-3-4-14(9-15)18-10-13-6-7-16(19)17(20)8-13/h3-9,12,18-20H,10-11H2,1-2H3. The third-order valence-corrected chi connectivity index (χ3v) is 2.95. The summed E-state index contributed by atoms with van der Waals surface area (Å²) in [5.74, 6) is 1.11. The number of nitrogens with one attached hydrogen (secondary N) is 1. The fraction of sp³-hybridized carbons (Fsp3) is 0.294. The van der Waals surface area contributed by atoms with Crippen molar-refractivity contribution in [1.29, 1.82) is 0 Å². The zero-order valence-corrected chi connectivity index (χ0v) is 12.3. The maximum Gasteiger partial charge on any atom is 0.157 e. The van der Waals surface area contributed by atoms with E-state index < -0.39 is 0 Å². The van der Waals surface area contributed by atoms with Crippen LogP contribution in [-0.2, 0) is 6.54 Å². The average molecular weight is 287 g/mol. The van der Waals surface area contributed by atoms with E-state index in [9.17, 15) is 10.2 Å². The van der Waals surface area contributed by atoms with Crippen LogP contribution < -0.4 is 10.1 Å². The molecule has 3 N–H and O–H groups in total. The molecule has 112 valence electrons. The van der Waals surface area contributed by atoms with Crippen LogP contribution >= 0.6 is 0 Å². The summed E-state index contributed by atoms with van der Waals surface area (Å²) in [5.41, 5.74) is 1.84. The highest BCUT2D eigenvalue weighted by molar-refractivity contribution is 5.49. The largest absolute Gasteiger partial charge is 0.504 e. The second-order valence-electron chi connectivity index (χ2n) is 5.41. The van der Waals surface area contributed by atoms with Gasteiger partial charge in [-0.2, -0.15) is 0 Å². The minimum atomic E-state index is -0.108. The van der Waals surface area contributed by atoms with E-state index in [0.717, 1.165) is 17.0 Å². The van der Waals surface area contributed by atoms with Crippen LogP contribution in [0.15, 0.2) is 42.5 Å². The first-order valence-corrected chi connectivity index (χ1v) is 7.02. The van der Waals surface area contributed by atoms with Crippen molar-refractivity contribution in [2.24, 2.45) is 5.92 Å². The third kappa shape index (κ3) is 4.60. The van der Waals surface area contributed by atoms with Gasteiger partial charge in [-0.15, -0.1) is 0 Å². The maximum absolute atomic E-state index is 9.47. The summed E-state index contributed by atoms with van der Waals surface area (Å²) in [4.78, 5) is 0. The van der Waals surface area contributed by atoms with Crippen LogP contribution in [0.1, 0.15) is 19.4 Å². The molecule has 0 radical (unpaired) electrons. The predicted octanol–water partition coefficient (Wildman–Crippen LogP) is 3.74. The minimum absolute atomic E-state index is 0.108. The Balaban J connectivity index is 1.96. The van der Waals surface area contributed by atoms with Crippen molar-refractivity contribution < 1.29 is 14.9 Å². The Morgan fingerprint density at radius 3 is 2.57 bits per heavy atom. The lowest BCUT2D eigenvalue weighted by molar-refractivity contribution is 0.271. The molecule has 0 atom stereocenters. The smallest absolute Gasteiger partial charge is 0.157 e. The van der Waals surface area contributed by atoms with Gasteiger partial charge in [0.2, 0.25) is 0 Å². The van der Waals surface area contributed by atoms with E-state index in [1.165, 1.54) is 6.07 Å². The first kappa shape index (κ1) is 15.0. The summed E-state index contributed by atoms with van der Waals surface area (Å²) in [5, 5.41) is 22.0. The molecule has 2 aromatic carbocycles. The van der Waals surface area contributed by atoms with Crippen LogP contribution in [0.25, 0.3) is 0 Å². The van der Waals surface area contributed by atoms with E-state index in [-0.39, 0.29) is 11.5 Å². The fourth-order valence-electron chi connectivity index (χ4n) is 1.84. The van der Waals surface area contributed by atoms with Crippen molar-refractivity contribution in [2.75, 3.05) is 11.9 Å². The number of aromatic hydroxyl groups is 2. The van der Waals surface area contributed by atoms with E-state index in [4.69, 9.17) is 4.74 Å². The van der Waals surface area contributed by atoms with Gasteiger partial charge in [0.05, 0.1) is 6.61 Å². The second kappa shape index (κ2) is 6.88.